The summed E-state index contributed by atoms with van der Waals surface area (Å²) in [6.07, 6.45) is 1.81. The lowest BCUT2D eigenvalue weighted by atomic mass is 10.2. The van der Waals surface area contributed by atoms with Crippen LogP contribution in [0.2, 0.25) is 0 Å². The predicted molar refractivity (Wildman–Crippen MR) is 61.4 cm³/mol. The average Bonchev–Trinajstić information content (AvgIpc) is 2.13. The maximum absolute atomic E-state index is 11.5. The van der Waals surface area contributed by atoms with Crippen molar-refractivity contribution in [2.75, 3.05) is 5.33 Å². The predicted octanol–water partition coefficient (Wildman–Crippen LogP) is 2.64. The van der Waals surface area contributed by atoms with Crippen molar-refractivity contribution in [2.45, 2.75) is 13.5 Å². The van der Waals surface area contributed by atoms with Gasteiger partial charge in [0.1, 0.15) is 0 Å². The number of nitrogens with zero attached hydrogens (tertiary/aromatic N) is 1. The Morgan fingerprint density at radius 2 is 2.31 bits per heavy atom. The van der Waals surface area contributed by atoms with Crippen LogP contribution in [0.3, 0.4) is 0 Å². The second-order valence-corrected chi connectivity index (χ2v) is 4.57. The van der Waals surface area contributed by atoms with Gasteiger partial charge in [-0.3, -0.25) is 4.79 Å². The van der Waals surface area contributed by atoms with Gasteiger partial charge in [0.15, 0.2) is 0 Å². The van der Waals surface area contributed by atoms with Crippen LogP contribution < -0.4 is 5.56 Å². The second kappa shape index (κ2) is 4.96. The van der Waals surface area contributed by atoms with Crippen molar-refractivity contribution in [3.63, 3.8) is 0 Å². The highest BCUT2D eigenvalue weighted by molar-refractivity contribution is 9.10. The summed E-state index contributed by atoms with van der Waals surface area (Å²) in [5.74, 6) is 0.465. The highest BCUT2D eigenvalue weighted by Gasteiger charge is 2.04. The molecule has 0 aliphatic heterocycles. The topological polar surface area (TPSA) is 22.0 Å². The summed E-state index contributed by atoms with van der Waals surface area (Å²) in [7, 11) is 0. The lowest BCUT2D eigenvalue weighted by Gasteiger charge is -2.10. The van der Waals surface area contributed by atoms with Crippen molar-refractivity contribution in [3.05, 3.63) is 33.2 Å². The molecule has 0 saturated heterocycles. The molecule has 0 spiro atoms. The van der Waals surface area contributed by atoms with Crippen molar-refractivity contribution in [2.24, 2.45) is 5.92 Å². The molecule has 4 heteroatoms. The van der Waals surface area contributed by atoms with E-state index in [1.54, 1.807) is 10.6 Å². The van der Waals surface area contributed by atoms with Crippen molar-refractivity contribution in [1.29, 1.82) is 0 Å². The molecule has 0 radical (unpaired) electrons. The third kappa shape index (κ3) is 2.95. The Bertz CT molecular complexity index is 335. The largest absolute Gasteiger partial charge is 0.314 e. The molecule has 1 atom stereocenters. The van der Waals surface area contributed by atoms with Crippen LogP contribution in [-0.2, 0) is 6.54 Å². The van der Waals surface area contributed by atoms with E-state index < -0.39 is 0 Å². The minimum absolute atomic E-state index is 0.0373. The molecule has 2 nitrogen and oxygen atoms in total. The average molecular weight is 309 g/mol. The van der Waals surface area contributed by atoms with Crippen molar-refractivity contribution < 1.29 is 0 Å². The molecule has 1 aromatic rings. The number of pyridine rings is 1. The van der Waals surface area contributed by atoms with Crippen molar-refractivity contribution >= 4 is 31.9 Å². The Labute approximate surface area is 94.2 Å². The monoisotopic (exact) mass is 307 g/mol. The number of aromatic nitrogens is 1. The van der Waals surface area contributed by atoms with Gasteiger partial charge in [-0.25, -0.2) is 0 Å². The second-order valence-electron chi connectivity index (χ2n) is 3.07. The molecule has 0 aromatic carbocycles. The first-order valence-corrected chi connectivity index (χ1v) is 5.97. The quantitative estimate of drug-likeness (QED) is 0.787. The first-order valence-electron chi connectivity index (χ1n) is 4.06. The zero-order chi connectivity index (χ0) is 9.84. The third-order valence-electron chi connectivity index (χ3n) is 1.75. The minimum Gasteiger partial charge on any atom is -0.314 e. The lowest BCUT2D eigenvalue weighted by molar-refractivity contribution is 0.519. The smallest absolute Gasteiger partial charge is 0.264 e. The van der Waals surface area contributed by atoms with Crippen LogP contribution in [-0.4, -0.2) is 9.90 Å². The molecule has 1 rings (SSSR count). The molecule has 0 aliphatic carbocycles. The molecule has 1 unspecified atom stereocenters. The van der Waals surface area contributed by atoms with Gasteiger partial charge in [0.05, 0.1) is 4.47 Å². The van der Waals surface area contributed by atoms with Gasteiger partial charge >= 0.3 is 0 Å². The van der Waals surface area contributed by atoms with E-state index in [0.717, 1.165) is 11.9 Å². The van der Waals surface area contributed by atoms with Crippen LogP contribution in [0.15, 0.2) is 27.6 Å². The number of rotatable bonds is 3. The van der Waals surface area contributed by atoms with Gasteiger partial charge in [-0.15, -0.1) is 0 Å². The standard InChI is InChI=1S/C9H11Br2NO/c1-7(5-10)6-12-4-2-3-8(11)9(12)13/h2-4,7H,5-6H2,1H3. The van der Waals surface area contributed by atoms with E-state index in [9.17, 15) is 4.79 Å². The molecule has 0 N–H and O–H groups in total. The van der Waals surface area contributed by atoms with E-state index in [0.29, 0.717) is 10.4 Å². The molecular weight excluding hydrogens is 298 g/mol. The Morgan fingerprint density at radius 1 is 1.62 bits per heavy atom. The third-order valence-corrected chi connectivity index (χ3v) is 3.45. The van der Waals surface area contributed by atoms with Crippen molar-refractivity contribution in [3.8, 4) is 0 Å². The zero-order valence-electron chi connectivity index (χ0n) is 7.34. The van der Waals surface area contributed by atoms with E-state index in [4.69, 9.17) is 0 Å². The molecule has 72 valence electrons. The van der Waals surface area contributed by atoms with Crippen LogP contribution in [0.5, 0.6) is 0 Å². The Hall–Kier alpha value is -0.0900. The van der Waals surface area contributed by atoms with Gasteiger partial charge in [-0.2, -0.15) is 0 Å². The molecule has 0 bridgehead atoms. The summed E-state index contributed by atoms with van der Waals surface area (Å²) in [6.45, 7) is 2.85. The van der Waals surface area contributed by atoms with Crippen LogP contribution in [0, 0.1) is 5.92 Å². The Morgan fingerprint density at radius 3 is 2.92 bits per heavy atom. The molecule has 0 amide bonds. The molecule has 13 heavy (non-hydrogen) atoms. The molecule has 0 saturated carbocycles. The summed E-state index contributed by atoms with van der Waals surface area (Å²) < 4.78 is 2.34. The first-order chi connectivity index (χ1) is 6.15. The molecule has 1 heterocycles. The molecule has 0 fully saturated rings. The highest BCUT2D eigenvalue weighted by atomic mass is 79.9. The lowest BCUT2D eigenvalue weighted by Crippen LogP contribution is -2.23. The van der Waals surface area contributed by atoms with Crippen LogP contribution in [0.4, 0.5) is 0 Å². The SMILES string of the molecule is CC(CBr)Cn1cccc(Br)c1=O. The Kier molecular flexibility index (Phi) is 4.19. The van der Waals surface area contributed by atoms with Crippen LogP contribution in [0.1, 0.15) is 6.92 Å². The van der Waals surface area contributed by atoms with Gasteiger partial charge in [0, 0.05) is 18.1 Å². The van der Waals surface area contributed by atoms with Gasteiger partial charge in [-0.05, 0) is 34.0 Å². The van der Waals surface area contributed by atoms with Gasteiger partial charge in [0.25, 0.3) is 5.56 Å². The van der Waals surface area contributed by atoms with Gasteiger partial charge in [-0.1, -0.05) is 22.9 Å². The van der Waals surface area contributed by atoms with E-state index in [1.165, 1.54) is 0 Å². The normalized spacial score (nSPS) is 12.8. The summed E-state index contributed by atoms with van der Waals surface area (Å²) in [6, 6.07) is 3.63. The van der Waals surface area contributed by atoms with E-state index in [-0.39, 0.29) is 5.56 Å². The molecule has 1 aromatic heterocycles. The number of hydrogen-bond donors (Lipinski definition) is 0. The molecule has 0 aliphatic rings. The highest BCUT2D eigenvalue weighted by Crippen LogP contribution is 2.05. The van der Waals surface area contributed by atoms with Gasteiger partial charge < -0.3 is 4.57 Å². The van der Waals surface area contributed by atoms with Crippen LogP contribution >= 0.6 is 31.9 Å². The summed E-state index contributed by atoms with van der Waals surface area (Å²) in [4.78, 5) is 11.5. The summed E-state index contributed by atoms with van der Waals surface area (Å²) >= 11 is 6.60. The number of halogens is 2. The fraction of sp³-hybridized carbons (Fsp3) is 0.444. The minimum atomic E-state index is 0.0373. The van der Waals surface area contributed by atoms with E-state index in [2.05, 4.69) is 38.8 Å². The number of hydrogen-bond acceptors (Lipinski definition) is 1. The maximum Gasteiger partial charge on any atom is 0.264 e. The molecular formula is C9H11Br2NO. The van der Waals surface area contributed by atoms with E-state index in [1.807, 2.05) is 12.3 Å². The fourth-order valence-corrected chi connectivity index (χ4v) is 1.62. The fourth-order valence-electron chi connectivity index (χ4n) is 1.04. The number of alkyl halides is 1. The van der Waals surface area contributed by atoms with Crippen LogP contribution in [0.25, 0.3) is 0 Å². The van der Waals surface area contributed by atoms with E-state index >= 15 is 0 Å². The zero-order valence-corrected chi connectivity index (χ0v) is 10.5. The van der Waals surface area contributed by atoms with Crippen molar-refractivity contribution in [1.82, 2.24) is 4.57 Å². The summed E-state index contributed by atoms with van der Waals surface area (Å²) in [5.41, 5.74) is 0.0373. The van der Waals surface area contributed by atoms with Gasteiger partial charge in [0.2, 0.25) is 0 Å². The maximum atomic E-state index is 11.5. The first kappa shape index (κ1) is 11.0. The summed E-state index contributed by atoms with van der Waals surface area (Å²) in [5, 5.41) is 0.909. The Balaban J connectivity index is 2.89.